The van der Waals surface area contributed by atoms with Gasteiger partial charge in [-0.15, -0.1) is 0 Å². The molecule has 0 radical (unpaired) electrons. The van der Waals surface area contributed by atoms with E-state index in [1.807, 2.05) is 0 Å². The van der Waals surface area contributed by atoms with Gasteiger partial charge in [0.2, 0.25) is 0 Å². The van der Waals surface area contributed by atoms with Gasteiger partial charge in [-0.25, -0.2) is 0 Å². The van der Waals surface area contributed by atoms with Crippen LogP contribution < -0.4 is 15.9 Å². The van der Waals surface area contributed by atoms with Gasteiger partial charge >= 0.3 is 201 Å². The molecule has 0 unspecified atom stereocenters. The summed E-state index contributed by atoms with van der Waals surface area (Å²) >= 11 is 8.19. The van der Waals surface area contributed by atoms with E-state index in [4.69, 9.17) is 11.2 Å². The first-order chi connectivity index (χ1) is 21.2. The van der Waals surface area contributed by atoms with Crippen molar-refractivity contribution in [2.75, 3.05) is 6.16 Å². The molecule has 0 spiro atoms. The predicted molar refractivity (Wildman–Crippen MR) is 198 cm³/mol. The number of halogens is 1. The van der Waals surface area contributed by atoms with Crippen LogP contribution in [0, 0.1) is 0 Å². The fraction of sp³-hybridized carbons (Fsp3) is 0.561. The van der Waals surface area contributed by atoms with Crippen LogP contribution in [0.2, 0.25) is 0 Å². The summed E-state index contributed by atoms with van der Waals surface area (Å²) in [6.07, 6.45) is 30.6. The van der Waals surface area contributed by atoms with Crippen molar-refractivity contribution in [1.29, 1.82) is 0 Å². The molecule has 0 heterocycles. The SMILES string of the molecule is CCCCCCCCCCCCCCCCCCCCCCCP(Cl)(c1ccccc1)(c1ccccc1)c1ccccc1. The average molecular weight is 621 g/mol. The Kier molecular flexibility index (Phi) is 17.7. The van der Waals surface area contributed by atoms with Crippen LogP contribution in [0.4, 0.5) is 0 Å². The molecule has 3 rings (SSSR count). The molecule has 43 heavy (non-hydrogen) atoms. The molecule has 0 atom stereocenters. The first-order valence-corrected chi connectivity index (χ1v) is 21.4. The van der Waals surface area contributed by atoms with Crippen LogP contribution in [0.25, 0.3) is 0 Å². The number of benzene rings is 3. The van der Waals surface area contributed by atoms with Crippen molar-refractivity contribution in [3.63, 3.8) is 0 Å². The average Bonchev–Trinajstić information content (AvgIpc) is 3.06. The summed E-state index contributed by atoms with van der Waals surface area (Å²) in [6, 6.07) is 32.9. The second kappa shape index (κ2) is 21.2. The molecule has 0 saturated heterocycles. The van der Waals surface area contributed by atoms with Gasteiger partial charge < -0.3 is 0 Å². The number of rotatable bonds is 25. The molecule has 2 heteroatoms. The maximum atomic E-state index is 8.19. The fourth-order valence-corrected chi connectivity index (χ4v) is 13.1. The molecule has 0 N–H and O–H groups in total. The third-order valence-corrected chi connectivity index (χ3v) is 17.1. The zero-order valence-corrected chi connectivity index (χ0v) is 29.2. The molecule has 3 aromatic rings. The summed E-state index contributed by atoms with van der Waals surface area (Å²) in [5.41, 5.74) is 0. The number of unbranched alkanes of at least 4 members (excludes halogenated alkanes) is 20. The van der Waals surface area contributed by atoms with Crippen molar-refractivity contribution in [1.82, 2.24) is 0 Å². The first-order valence-electron chi connectivity index (χ1n) is 18.1. The van der Waals surface area contributed by atoms with Gasteiger partial charge in [0.25, 0.3) is 0 Å². The summed E-state index contributed by atoms with van der Waals surface area (Å²) < 4.78 is 0. The molecule has 3 aromatic carbocycles. The van der Waals surface area contributed by atoms with E-state index >= 15 is 0 Å². The predicted octanol–water partition coefficient (Wildman–Crippen LogP) is 12.9. The van der Waals surface area contributed by atoms with Gasteiger partial charge in [-0.1, -0.05) is 71.1 Å². The summed E-state index contributed by atoms with van der Waals surface area (Å²) in [5.74, 6) is -3.08. The molecule has 0 fully saturated rings. The van der Waals surface area contributed by atoms with Crippen LogP contribution in [0.15, 0.2) is 91.0 Å². The normalized spacial score (nSPS) is 12.7. The van der Waals surface area contributed by atoms with Gasteiger partial charge in [0.05, 0.1) is 0 Å². The minimum atomic E-state index is -3.08. The number of hydrogen-bond donors (Lipinski definition) is 0. The van der Waals surface area contributed by atoms with E-state index in [9.17, 15) is 0 Å². The van der Waals surface area contributed by atoms with Gasteiger partial charge in [-0.3, -0.25) is 0 Å². The van der Waals surface area contributed by atoms with Gasteiger partial charge in [0, 0.05) is 0 Å². The Morgan fingerprint density at radius 2 is 0.581 bits per heavy atom. The van der Waals surface area contributed by atoms with Gasteiger partial charge in [-0.2, -0.15) is 0 Å². The molecular formula is C41H62ClP. The Balaban J connectivity index is 1.30. The van der Waals surface area contributed by atoms with Crippen molar-refractivity contribution < 1.29 is 0 Å². The molecule has 0 aliphatic carbocycles. The van der Waals surface area contributed by atoms with Crippen molar-refractivity contribution in [3.8, 4) is 0 Å². The monoisotopic (exact) mass is 620 g/mol. The van der Waals surface area contributed by atoms with Crippen molar-refractivity contribution in [2.24, 2.45) is 0 Å². The topological polar surface area (TPSA) is 0 Å². The fourth-order valence-electron chi connectivity index (χ4n) is 6.89. The van der Waals surface area contributed by atoms with E-state index < -0.39 is 5.96 Å². The Morgan fingerprint density at radius 3 is 0.837 bits per heavy atom. The van der Waals surface area contributed by atoms with Gasteiger partial charge in [0.15, 0.2) is 0 Å². The molecule has 0 aliphatic heterocycles. The molecule has 0 aliphatic rings. The van der Waals surface area contributed by atoms with E-state index in [0.29, 0.717) is 0 Å². The molecule has 0 amide bonds. The standard InChI is InChI=1S/C41H62ClP/c1-2-3-4-5-6-7-8-9-10-11-12-13-14-15-16-17-18-19-20-21-31-38-43(42,39-32-25-22-26-33-39,40-34-27-23-28-35-40)41-36-29-24-30-37-41/h22-30,32-37H,2-21,31,38H2,1H3. The second-order valence-electron chi connectivity index (χ2n) is 13.0. The van der Waals surface area contributed by atoms with Crippen molar-refractivity contribution in [3.05, 3.63) is 91.0 Å². The van der Waals surface area contributed by atoms with Gasteiger partial charge in [-0.05, 0) is 0 Å². The summed E-state index contributed by atoms with van der Waals surface area (Å²) in [7, 11) is 0. The molecule has 238 valence electrons. The van der Waals surface area contributed by atoms with E-state index in [0.717, 1.165) is 6.16 Å². The van der Waals surface area contributed by atoms with Crippen LogP contribution in [-0.4, -0.2) is 6.16 Å². The van der Waals surface area contributed by atoms with Crippen LogP contribution in [0.1, 0.15) is 142 Å². The summed E-state index contributed by atoms with van der Waals surface area (Å²) in [5, 5.41) is 3.88. The molecular weight excluding hydrogens is 559 g/mol. The summed E-state index contributed by atoms with van der Waals surface area (Å²) in [4.78, 5) is 0. The van der Waals surface area contributed by atoms with Crippen LogP contribution in [-0.2, 0) is 0 Å². The minimum absolute atomic E-state index is 1.02. The first kappa shape index (κ1) is 35.9. The van der Waals surface area contributed by atoms with E-state index in [1.165, 1.54) is 151 Å². The third-order valence-electron chi connectivity index (χ3n) is 9.57. The Labute approximate surface area is 271 Å². The summed E-state index contributed by atoms with van der Waals surface area (Å²) in [6.45, 7) is 2.30. The molecule has 0 saturated carbocycles. The maximum absolute atomic E-state index is 8.19. The van der Waals surface area contributed by atoms with E-state index in [2.05, 4.69) is 97.9 Å². The van der Waals surface area contributed by atoms with Crippen molar-refractivity contribution >= 4 is 33.1 Å². The van der Waals surface area contributed by atoms with Crippen LogP contribution in [0.5, 0.6) is 0 Å². The van der Waals surface area contributed by atoms with E-state index in [1.54, 1.807) is 0 Å². The third kappa shape index (κ3) is 11.7. The molecule has 0 aromatic heterocycles. The molecule has 0 nitrogen and oxygen atoms in total. The van der Waals surface area contributed by atoms with Crippen molar-refractivity contribution in [2.45, 2.75) is 142 Å². The Morgan fingerprint density at radius 1 is 0.349 bits per heavy atom. The zero-order chi connectivity index (χ0) is 30.3. The Hall–Kier alpha value is -1.62. The van der Waals surface area contributed by atoms with E-state index in [-0.39, 0.29) is 0 Å². The second-order valence-corrected chi connectivity index (χ2v) is 19.6. The molecule has 0 bridgehead atoms. The van der Waals surface area contributed by atoms with Gasteiger partial charge in [0.1, 0.15) is 0 Å². The van der Waals surface area contributed by atoms with Crippen LogP contribution >= 0.6 is 17.2 Å². The number of hydrogen-bond acceptors (Lipinski definition) is 0. The van der Waals surface area contributed by atoms with Crippen LogP contribution in [0.3, 0.4) is 0 Å². The zero-order valence-electron chi connectivity index (χ0n) is 27.5. The quantitative estimate of drug-likeness (QED) is 0.0652. The Bertz CT molecular complexity index is 965.